The summed E-state index contributed by atoms with van der Waals surface area (Å²) < 4.78 is 5.83. The van der Waals surface area contributed by atoms with Crippen molar-refractivity contribution in [3.05, 3.63) is 65.2 Å². The summed E-state index contributed by atoms with van der Waals surface area (Å²) in [6.45, 7) is 0.783. The first-order chi connectivity index (χ1) is 12.1. The number of rotatable bonds is 3. The predicted molar refractivity (Wildman–Crippen MR) is 92.6 cm³/mol. The third kappa shape index (κ3) is 2.81. The van der Waals surface area contributed by atoms with Gasteiger partial charge in [-0.1, -0.05) is 42.5 Å². The fraction of sp³-hybridized carbons (Fsp3) is 0.300. The Hall–Kier alpha value is -2.66. The fourth-order valence-corrected chi connectivity index (χ4v) is 3.77. The van der Waals surface area contributed by atoms with Gasteiger partial charge in [0.2, 0.25) is 5.91 Å². The number of ether oxygens (including phenoxy) is 1. The zero-order valence-corrected chi connectivity index (χ0v) is 13.7. The number of amides is 1. The van der Waals surface area contributed by atoms with E-state index in [0.717, 1.165) is 12.0 Å². The second-order valence-corrected chi connectivity index (χ2v) is 6.47. The average molecular weight is 337 g/mol. The van der Waals surface area contributed by atoms with Crippen LogP contribution >= 0.6 is 0 Å². The lowest BCUT2D eigenvalue weighted by Crippen LogP contribution is -2.33. The maximum atomic E-state index is 12.9. The Bertz CT molecular complexity index is 832. The van der Waals surface area contributed by atoms with E-state index in [-0.39, 0.29) is 25.0 Å². The molecule has 0 bridgehead atoms. The second-order valence-electron chi connectivity index (χ2n) is 6.47. The summed E-state index contributed by atoms with van der Waals surface area (Å²) in [7, 11) is 0. The molecule has 2 aliphatic rings. The van der Waals surface area contributed by atoms with Gasteiger partial charge in [-0.25, -0.2) is 0 Å². The standard InChI is InChI=1S/C20H19NO4/c22-19(11-18-14-6-2-1-5-13(14)9-10-25-18)21-12-16(20(23)24)15-7-3-4-8-17(15)21/h1-8,16,18H,9-12H2,(H,23,24)/t16-,18+/m0/s1. The van der Waals surface area contributed by atoms with Crippen LogP contribution in [0.1, 0.15) is 35.1 Å². The van der Waals surface area contributed by atoms with E-state index in [1.54, 1.807) is 11.0 Å². The highest BCUT2D eigenvalue weighted by Gasteiger charge is 2.37. The molecule has 0 radical (unpaired) electrons. The van der Waals surface area contributed by atoms with Gasteiger partial charge in [-0.15, -0.1) is 0 Å². The summed E-state index contributed by atoms with van der Waals surface area (Å²) in [5, 5.41) is 9.45. The molecule has 0 saturated heterocycles. The van der Waals surface area contributed by atoms with Crippen LogP contribution in [-0.2, 0) is 20.7 Å². The summed E-state index contributed by atoms with van der Waals surface area (Å²) in [5.74, 6) is -1.67. The summed E-state index contributed by atoms with van der Waals surface area (Å²) in [4.78, 5) is 26.0. The lowest BCUT2D eigenvalue weighted by molar-refractivity contribution is -0.138. The molecular weight excluding hydrogens is 318 g/mol. The highest BCUT2D eigenvalue weighted by atomic mass is 16.5. The van der Waals surface area contributed by atoms with Crippen LogP contribution in [0.15, 0.2) is 48.5 Å². The van der Waals surface area contributed by atoms with Crippen molar-refractivity contribution in [3.8, 4) is 0 Å². The van der Waals surface area contributed by atoms with Gasteiger partial charge in [-0.2, -0.15) is 0 Å². The normalized spacial score (nSPS) is 21.5. The van der Waals surface area contributed by atoms with Crippen LogP contribution in [0.5, 0.6) is 0 Å². The van der Waals surface area contributed by atoms with Gasteiger partial charge in [0, 0.05) is 12.2 Å². The first-order valence-electron chi connectivity index (χ1n) is 8.46. The van der Waals surface area contributed by atoms with Crippen molar-refractivity contribution >= 4 is 17.6 Å². The predicted octanol–water partition coefficient (Wildman–Crippen LogP) is 2.91. The minimum Gasteiger partial charge on any atom is -0.481 e. The molecule has 2 atom stereocenters. The van der Waals surface area contributed by atoms with Gasteiger partial charge in [0.15, 0.2) is 0 Å². The molecule has 5 nitrogen and oxygen atoms in total. The number of fused-ring (bicyclic) bond motifs is 2. The first kappa shape index (κ1) is 15.8. The first-order valence-corrected chi connectivity index (χ1v) is 8.46. The summed E-state index contributed by atoms with van der Waals surface area (Å²) in [6, 6.07) is 15.3. The van der Waals surface area contributed by atoms with Crippen molar-refractivity contribution in [2.75, 3.05) is 18.1 Å². The van der Waals surface area contributed by atoms with Crippen molar-refractivity contribution in [1.29, 1.82) is 0 Å². The molecule has 0 unspecified atom stereocenters. The van der Waals surface area contributed by atoms with Crippen molar-refractivity contribution < 1.29 is 19.4 Å². The fourth-order valence-electron chi connectivity index (χ4n) is 3.77. The summed E-state index contributed by atoms with van der Waals surface area (Å²) >= 11 is 0. The topological polar surface area (TPSA) is 66.8 Å². The van der Waals surface area contributed by atoms with E-state index in [9.17, 15) is 14.7 Å². The number of aliphatic carboxylic acids is 1. The molecule has 25 heavy (non-hydrogen) atoms. The third-order valence-corrected chi connectivity index (χ3v) is 5.02. The SMILES string of the molecule is O=C(O)[C@H]1CN(C(=O)C[C@H]2OCCc3ccccc32)c2ccccc21. The Morgan fingerprint density at radius 1 is 1.08 bits per heavy atom. The molecule has 0 spiro atoms. The molecule has 5 heteroatoms. The van der Waals surface area contributed by atoms with Crippen LogP contribution in [0.3, 0.4) is 0 Å². The molecule has 2 aromatic carbocycles. The lowest BCUT2D eigenvalue weighted by atomic mass is 9.95. The molecule has 4 rings (SSSR count). The number of benzene rings is 2. The van der Waals surface area contributed by atoms with Crippen molar-refractivity contribution in [2.24, 2.45) is 0 Å². The van der Waals surface area contributed by atoms with Crippen LogP contribution < -0.4 is 4.90 Å². The molecule has 1 N–H and O–H groups in total. The highest BCUT2D eigenvalue weighted by Crippen LogP contribution is 2.38. The molecule has 2 aliphatic heterocycles. The van der Waals surface area contributed by atoms with Crippen molar-refractivity contribution in [1.82, 2.24) is 0 Å². The average Bonchev–Trinajstić information content (AvgIpc) is 3.02. The number of carboxylic acid groups (broad SMARTS) is 1. The Morgan fingerprint density at radius 2 is 1.80 bits per heavy atom. The van der Waals surface area contributed by atoms with E-state index in [2.05, 4.69) is 6.07 Å². The zero-order valence-electron chi connectivity index (χ0n) is 13.7. The van der Waals surface area contributed by atoms with E-state index in [4.69, 9.17) is 4.74 Å². The Balaban J connectivity index is 1.58. The quantitative estimate of drug-likeness (QED) is 0.935. The minimum atomic E-state index is -0.901. The number of carbonyl (C=O) groups is 2. The third-order valence-electron chi connectivity index (χ3n) is 5.02. The summed E-state index contributed by atoms with van der Waals surface area (Å²) in [6.07, 6.45) is 0.806. The maximum absolute atomic E-state index is 12.9. The second kappa shape index (κ2) is 6.33. The molecular formula is C20H19NO4. The van der Waals surface area contributed by atoms with Gasteiger partial charge in [0.25, 0.3) is 0 Å². The van der Waals surface area contributed by atoms with Crippen LogP contribution in [0.25, 0.3) is 0 Å². The number of carbonyl (C=O) groups excluding carboxylic acids is 1. The number of hydrogen-bond donors (Lipinski definition) is 1. The van der Waals surface area contributed by atoms with Crippen molar-refractivity contribution in [2.45, 2.75) is 24.9 Å². The Labute approximate surface area is 145 Å². The van der Waals surface area contributed by atoms with Gasteiger partial charge in [0.05, 0.1) is 19.1 Å². The molecule has 2 heterocycles. The molecule has 1 amide bonds. The number of nitrogens with zero attached hydrogens (tertiary/aromatic N) is 1. The zero-order chi connectivity index (χ0) is 17.4. The van der Waals surface area contributed by atoms with Crippen LogP contribution in [-0.4, -0.2) is 30.1 Å². The minimum absolute atomic E-state index is 0.0992. The van der Waals surface area contributed by atoms with Gasteiger partial charge in [0.1, 0.15) is 5.92 Å². The molecule has 0 saturated carbocycles. The van der Waals surface area contributed by atoms with E-state index in [1.165, 1.54) is 5.56 Å². The van der Waals surface area contributed by atoms with E-state index in [1.807, 2.05) is 36.4 Å². The van der Waals surface area contributed by atoms with Crippen LogP contribution in [0.4, 0.5) is 5.69 Å². The van der Waals surface area contributed by atoms with Crippen LogP contribution in [0.2, 0.25) is 0 Å². The smallest absolute Gasteiger partial charge is 0.312 e. The van der Waals surface area contributed by atoms with Gasteiger partial charge in [-0.3, -0.25) is 9.59 Å². The van der Waals surface area contributed by atoms with Crippen molar-refractivity contribution in [3.63, 3.8) is 0 Å². The number of carboxylic acids is 1. The van der Waals surface area contributed by atoms with E-state index >= 15 is 0 Å². The van der Waals surface area contributed by atoms with Gasteiger partial charge >= 0.3 is 5.97 Å². The Kier molecular flexibility index (Phi) is 4.01. The van der Waals surface area contributed by atoms with Gasteiger partial charge < -0.3 is 14.7 Å². The van der Waals surface area contributed by atoms with E-state index < -0.39 is 11.9 Å². The highest BCUT2D eigenvalue weighted by molar-refractivity contribution is 5.99. The number of para-hydroxylation sites is 1. The summed E-state index contributed by atoms with van der Waals surface area (Å²) in [5.41, 5.74) is 3.68. The monoisotopic (exact) mass is 337 g/mol. The Morgan fingerprint density at radius 3 is 2.60 bits per heavy atom. The number of hydrogen-bond acceptors (Lipinski definition) is 3. The largest absolute Gasteiger partial charge is 0.481 e. The van der Waals surface area contributed by atoms with E-state index in [0.29, 0.717) is 17.9 Å². The van der Waals surface area contributed by atoms with Crippen LogP contribution in [0, 0.1) is 0 Å². The lowest BCUT2D eigenvalue weighted by Gasteiger charge is -2.27. The maximum Gasteiger partial charge on any atom is 0.312 e. The molecule has 0 aromatic heterocycles. The molecule has 128 valence electrons. The van der Waals surface area contributed by atoms with Gasteiger partial charge in [-0.05, 0) is 29.2 Å². The molecule has 0 fully saturated rings. The molecule has 0 aliphatic carbocycles. The molecule has 2 aromatic rings. The number of anilines is 1.